The van der Waals surface area contributed by atoms with E-state index in [9.17, 15) is 10.2 Å². The number of thioether (sulfide) groups is 1. The minimum absolute atomic E-state index is 0.0814. The predicted octanol–water partition coefficient (Wildman–Crippen LogP) is 7.84. The Bertz CT molecular complexity index is 1400. The quantitative estimate of drug-likeness (QED) is 0.269. The lowest BCUT2D eigenvalue weighted by Crippen LogP contribution is -2.32. The van der Waals surface area contributed by atoms with Crippen molar-refractivity contribution in [1.29, 1.82) is 0 Å². The lowest BCUT2D eigenvalue weighted by Gasteiger charge is -2.35. The Kier molecular flexibility index (Phi) is 7.12. The summed E-state index contributed by atoms with van der Waals surface area (Å²) in [5, 5.41) is 28.4. The second kappa shape index (κ2) is 10.3. The number of ether oxygens (including phenoxy) is 2. The number of allylic oxidation sites excluding steroid dienone is 1. The molecule has 1 unspecified atom stereocenters. The number of benzene rings is 2. The zero-order valence-electron chi connectivity index (χ0n) is 21.4. The minimum atomic E-state index is -0.468. The second-order valence-electron chi connectivity index (χ2n) is 9.72. The average molecular weight is 534 g/mol. The summed E-state index contributed by atoms with van der Waals surface area (Å²) in [5.74, 6) is 2.62. The number of methoxy groups -OCH3 is 1. The smallest absolute Gasteiger partial charge is 0.172 e. The number of nitrogens with one attached hydrogen (secondary N) is 1. The number of rotatable bonds is 7. The fourth-order valence-electron chi connectivity index (χ4n) is 5.02. The molecule has 2 aromatic carbocycles. The molecule has 1 atom stereocenters. The molecule has 3 heterocycles. The highest BCUT2D eigenvalue weighted by molar-refractivity contribution is 8.02. The molecule has 5 rings (SSSR count). The van der Waals surface area contributed by atoms with Crippen LogP contribution >= 0.6 is 23.1 Å². The van der Waals surface area contributed by atoms with Gasteiger partial charge in [-0.25, -0.2) is 0 Å². The first-order valence-electron chi connectivity index (χ1n) is 12.2. The number of aliphatic hydroxyl groups is 1. The summed E-state index contributed by atoms with van der Waals surface area (Å²) in [4.78, 5) is 0.981. The van der Waals surface area contributed by atoms with Gasteiger partial charge in [-0.3, -0.25) is 0 Å². The van der Waals surface area contributed by atoms with E-state index in [0.29, 0.717) is 23.7 Å². The van der Waals surface area contributed by atoms with E-state index in [1.807, 2.05) is 29.0 Å². The van der Waals surface area contributed by atoms with Gasteiger partial charge < -0.3 is 25.0 Å². The molecule has 0 saturated carbocycles. The molecule has 37 heavy (non-hydrogen) atoms. The topological polar surface area (TPSA) is 71.0 Å². The zero-order chi connectivity index (χ0) is 26.2. The van der Waals surface area contributed by atoms with Crippen molar-refractivity contribution >= 4 is 40.1 Å². The van der Waals surface area contributed by atoms with Crippen molar-refractivity contribution < 1.29 is 19.7 Å². The number of thiophene rings is 1. The Morgan fingerprint density at radius 1 is 1.16 bits per heavy atom. The number of anilines is 1. The van der Waals surface area contributed by atoms with Gasteiger partial charge in [0.05, 0.1) is 24.3 Å². The number of fused-ring (bicyclic) bond motifs is 5. The van der Waals surface area contributed by atoms with Gasteiger partial charge in [0.2, 0.25) is 0 Å². The number of phenolic OH excluding ortho intramolecular Hbond substituents is 1. The van der Waals surface area contributed by atoms with E-state index in [-0.39, 0.29) is 11.3 Å². The fraction of sp³-hybridized carbons (Fsp3) is 0.267. The van der Waals surface area contributed by atoms with Gasteiger partial charge in [0.1, 0.15) is 11.5 Å². The third-order valence-corrected chi connectivity index (χ3v) is 8.18. The van der Waals surface area contributed by atoms with Crippen LogP contribution in [0.25, 0.3) is 22.5 Å². The van der Waals surface area contributed by atoms with Gasteiger partial charge in [0, 0.05) is 33.0 Å². The summed E-state index contributed by atoms with van der Waals surface area (Å²) in [6, 6.07) is 11.5. The van der Waals surface area contributed by atoms with Crippen LogP contribution in [0.4, 0.5) is 5.69 Å². The number of aromatic hydroxyl groups is 1. The van der Waals surface area contributed by atoms with Gasteiger partial charge >= 0.3 is 0 Å². The monoisotopic (exact) mass is 533 g/mol. The van der Waals surface area contributed by atoms with E-state index >= 15 is 0 Å². The molecule has 0 fully saturated rings. The molecule has 3 N–H and O–H groups in total. The summed E-state index contributed by atoms with van der Waals surface area (Å²) in [6.45, 7) is 6.44. The minimum Gasteiger partial charge on any atom is -0.504 e. The Morgan fingerprint density at radius 2 is 2.00 bits per heavy atom. The highest BCUT2D eigenvalue weighted by atomic mass is 32.2. The number of phenols is 1. The highest BCUT2D eigenvalue weighted by Crippen LogP contribution is 2.53. The molecule has 7 heteroatoms. The van der Waals surface area contributed by atoms with Gasteiger partial charge in [0.15, 0.2) is 11.5 Å². The third kappa shape index (κ3) is 5.04. The summed E-state index contributed by atoms with van der Waals surface area (Å²) in [7, 11) is 1.56. The van der Waals surface area contributed by atoms with E-state index in [2.05, 4.69) is 50.4 Å². The molecule has 2 aliphatic rings. The maximum atomic E-state index is 10.5. The van der Waals surface area contributed by atoms with Crippen LogP contribution in [0, 0.1) is 0 Å². The van der Waals surface area contributed by atoms with Gasteiger partial charge in [-0.2, -0.15) is 0 Å². The Labute approximate surface area is 226 Å². The van der Waals surface area contributed by atoms with Gasteiger partial charge in [-0.1, -0.05) is 24.3 Å². The van der Waals surface area contributed by atoms with Gasteiger partial charge in [-0.15, -0.1) is 23.1 Å². The van der Waals surface area contributed by atoms with Crippen molar-refractivity contribution in [2.45, 2.75) is 38.8 Å². The largest absolute Gasteiger partial charge is 0.504 e. The van der Waals surface area contributed by atoms with Crippen molar-refractivity contribution in [2.24, 2.45) is 0 Å². The van der Waals surface area contributed by atoms with Gasteiger partial charge in [-0.05, 0) is 73.9 Å². The Morgan fingerprint density at radius 3 is 2.76 bits per heavy atom. The molecule has 3 aromatic rings. The third-order valence-electron chi connectivity index (χ3n) is 6.46. The van der Waals surface area contributed by atoms with Crippen molar-refractivity contribution in [3.63, 3.8) is 0 Å². The van der Waals surface area contributed by atoms with E-state index in [1.165, 1.54) is 5.57 Å². The van der Waals surface area contributed by atoms with Crippen LogP contribution in [-0.4, -0.2) is 28.6 Å². The standard InChI is InChI=1S/C30H31NO4S2/c1-18-17-30(2,3)31-20-10-9-19-27(26(18)20)24(35-23-12-11-22(33)29(34-4)28(19)23)13-16-36-14-5-7-21(32)25-8-6-15-37-25/h5-6,8-15,17,21,31-33H,7,16H2,1-4H3/b14-5-,24-13-. The number of hydrogen-bond donors (Lipinski definition) is 3. The predicted molar refractivity (Wildman–Crippen MR) is 156 cm³/mol. The summed E-state index contributed by atoms with van der Waals surface area (Å²) in [5.41, 5.74) is 5.87. The number of aliphatic hydroxyl groups excluding tert-OH is 1. The molecule has 0 saturated heterocycles. The maximum Gasteiger partial charge on any atom is 0.172 e. The van der Waals surface area contributed by atoms with Crippen LogP contribution in [0.15, 0.2) is 65.4 Å². The first-order chi connectivity index (χ1) is 17.8. The molecule has 0 aliphatic carbocycles. The zero-order valence-corrected chi connectivity index (χ0v) is 23.0. The van der Waals surface area contributed by atoms with E-state index in [0.717, 1.165) is 38.6 Å². The molecule has 0 amide bonds. The normalized spacial score (nSPS) is 17.3. The first-order valence-corrected chi connectivity index (χ1v) is 14.1. The molecule has 2 aliphatic heterocycles. The van der Waals surface area contributed by atoms with Crippen molar-refractivity contribution in [1.82, 2.24) is 0 Å². The molecular weight excluding hydrogens is 502 g/mol. The van der Waals surface area contributed by atoms with Crippen LogP contribution in [-0.2, 0) is 0 Å². The van der Waals surface area contributed by atoms with Crippen LogP contribution in [0.2, 0.25) is 0 Å². The van der Waals surface area contributed by atoms with E-state index in [1.54, 1.807) is 42.3 Å². The molecule has 1 aromatic heterocycles. The highest BCUT2D eigenvalue weighted by Gasteiger charge is 2.33. The van der Waals surface area contributed by atoms with E-state index in [4.69, 9.17) is 9.47 Å². The Balaban J connectivity index is 1.48. The molecule has 0 bridgehead atoms. The number of hydrogen-bond acceptors (Lipinski definition) is 7. The SMILES string of the molecule is COc1c(O)ccc2c1-c1ccc3c(c1/C(=C/CS/C=C\CC(O)c1cccs1)O2)C(C)=CC(C)(C)N3. The molecule has 0 spiro atoms. The lowest BCUT2D eigenvalue weighted by atomic mass is 9.83. The van der Waals surface area contributed by atoms with Crippen LogP contribution < -0.4 is 14.8 Å². The van der Waals surface area contributed by atoms with Crippen molar-refractivity contribution in [3.05, 3.63) is 81.4 Å². The van der Waals surface area contributed by atoms with Crippen molar-refractivity contribution in [3.8, 4) is 28.4 Å². The van der Waals surface area contributed by atoms with Crippen molar-refractivity contribution in [2.75, 3.05) is 18.2 Å². The summed E-state index contributed by atoms with van der Waals surface area (Å²) in [6.07, 6.45) is 6.45. The molecule has 5 nitrogen and oxygen atoms in total. The van der Waals surface area contributed by atoms with Crippen LogP contribution in [0.5, 0.6) is 17.2 Å². The van der Waals surface area contributed by atoms with E-state index < -0.39 is 6.10 Å². The average Bonchev–Trinajstić information content (AvgIpc) is 3.40. The second-order valence-corrected chi connectivity index (χ2v) is 11.6. The lowest BCUT2D eigenvalue weighted by molar-refractivity contribution is 0.185. The first kappa shape index (κ1) is 25.5. The fourth-order valence-corrected chi connectivity index (χ4v) is 6.35. The summed E-state index contributed by atoms with van der Waals surface area (Å²) < 4.78 is 12.1. The van der Waals surface area contributed by atoms with Crippen LogP contribution in [0.3, 0.4) is 0 Å². The van der Waals surface area contributed by atoms with Crippen LogP contribution in [0.1, 0.15) is 49.3 Å². The summed E-state index contributed by atoms with van der Waals surface area (Å²) >= 11 is 3.22. The molecule has 0 radical (unpaired) electrons. The Hall–Kier alpha value is -3.13. The molecular formula is C30H31NO4S2. The maximum absolute atomic E-state index is 10.5. The molecule has 192 valence electrons. The van der Waals surface area contributed by atoms with Gasteiger partial charge in [0.25, 0.3) is 0 Å².